The lowest BCUT2D eigenvalue weighted by atomic mass is 9.87. The number of nitrogens with one attached hydrogen (secondary N) is 1. The molecule has 0 aliphatic carbocycles. The summed E-state index contributed by atoms with van der Waals surface area (Å²) in [4.78, 5) is 24.5. The Hall–Kier alpha value is -3.38. The predicted molar refractivity (Wildman–Crippen MR) is 151 cm³/mol. The summed E-state index contributed by atoms with van der Waals surface area (Å²) >= 11 is 0. The van der Waals surface area contributed by atoms with E-state index in [0.29, 0.717) is 29.6 Å². The van der Waals surface area contributed by atoms with Crippen molar-refractivity contribution in [1.82, 2.24) is 0 Å². The standard InChI is InChI=1S/C29H43N3O8/c1-15-10-20-25(30)22(33)14-21(27(20)35)32-28(36)16(2)8-7-9-19(38-5)13-23(40-29(31)37)17(3)12-18(4)26(34)24(11-15)39-6/h7-9,12,14-15,18-19,23-24,26,33-35H,10-11,13,30H2,1-6H3,(H2,31,37)(H,32,36)/p+1/b9-7-,16-8+,17-12+/t15-,18+,19+,23-,24+,26-/m1/s1. The zero-order chi connectivity index (χ0) is 30.1. The zero-order valence-corrected chi connectivity index (χ0v) is 24.1. The van der Waals surface area contributed by atoms with E-state index < -0.39 is 36.4 Å². The topological polar surface area (TPSA) is 188 Å². The first-order valence-corrected chi connectivity index (χ1v) is 13.2. The molecule has 6 atom stereocenters. The highest BCUT2D eigenvalue weighted by Crippen LogP contribution is 2.40. The van der Waals surface area contributed by atoms with Gasteiger partial charge < -0.3 is 46.3 Å². The minimum Gasteiger partial charge on any atom is -0.505 e. The largest absolute Gasteiger partial charge is 0.505 e. The van der Waals surface area contributed by atoms with Crippen LogP contribution < -0.4 is 16.8 Å². The number of primary amides is 1. The molecule has 0 fully saturated rings. The number of fused-ring (bicyclic) bond motifs is 2. The first-order chi connectivity index (χ1) is 18.8. The molecule has 2 rings (SSSR count). The van der Waals surface area contributed by atoms with Gasteiger partial charge in [-0.1, -0.05) is 38.2 Å². The first kappa shape index (κ1) is 32.8. The second-order valence-electron chi connectivity index (χ2n) is 10.5. The lowest BCUT2D eigenvalue weighted by Crippen LogP contribution is -2.42. The average molecular weight is 563 g/mol. The predicted octanol–water partition coefficient (Wildman–Crippen LogP) is 2.82. The molecule has 11 nitrogen and oxygen atoms in total. The lowest BCUT2D eigenvalue weighted by molar-refractivity contribution is -0.257. The molecule has 1 heterocycles. The van der Waals surface area contributed by atoms with E-state index in [2.05, 4.69) is 11.1 Å². The zero-order valence-electron chi connectivity index (χ0n) is 24.1. The summed E-state index contributed by atoms with van der Waals surface area (Å²) in [6, 6.07) is 1.26. The van der Waals surface area contributed by atoms with Gasteiger partial charge >= 0.3 is 6.09 Å². The number of carbonyl (C=O) groups excluding carboxylic acids is 2. The first-order valence-electron chi connectivity index (χ1n) is 13.2. The minimum atomic E-state index is -0.933. The molecule has 0 unspecified atom stereocenters. The highest BCUT2D eigenvalue weighted by atomic mass is 16.6. The van der Waals surface area contributed by atoms with Crippen LogP contribution in [0.1, 0.15) is 46.1 Å². The van der Waals surface area contributed by atoms with Gasteiger partial charge in [-0.2, -0.15) is 0 Å². The normalized spacial score (nSPS) is 30.6. The summed E-state index contributed by atoms with van der Waals surface area (Å²) in [5, 5.41) is 35.3. The fraction of sp³-hybridized carbons (Fsp3) is 0.517. The molecule has 2 bridgehead atoms. The Balaban J connectivity index is 2.57. The number of phenols is 2. The molecular formula is C29H44N3O8+. The van der Waals surface area contributed by atoms with Crippen LogP contribution in [0, 0.1) is 11.8 Å². The number of benzene rings is 1. The van der Waals surface area contributed by atoms with Crippen molar-refractivity contribution in [2.24, 2.45) is 17.6 Å². The number of quaternary nitrogens is 1. The van der Waals surface area contributed by atoms with Crippen molar-refractivity contribution >= 4 is 23.4 Å². The van der Waals surface area contributed by atoms with Gasteiger partial charge in [0, 0.05) is 38.2 Å². The molecule has 1 aliphatic rings. The van der Waals surface area contributed by atoms with Gasteiger partial charge in [-0.25, -0.2) is 4.79 Å². The second kappa shape index (κ2) is 14.8. The van der Waals surface area contributed by atoms with E-state index in [0.717, 1.165) is 0 Å². The number of aliphatic hydroxyl groups excluding tert-OH is 1. The maximum Gasteiger partial charge on any atom is 0.405 e. The van der Waals surface area contributed by atoms with Crippen LogP contribution >= 0.6 is 0 Å². The van der Waals surface area contributed by atoms with Gasteiger partial charge in [0.1, 0.15) is 11.9 Å². The Morgan fingerprint density at radius 3 is 2.42 bits per heavy atom. The van der Waals surface area contributed by atoms with Crippen LogP contribution in [0.5, 0.6) is 11.5 Å². The number of ether oxygens (including phenoxy) is 3. The lowest BCUT2D eigenvalue weighted by Gasteiger charge is -2.29. The van der Waals surface area contributed by atoms with Crippen molar-refractivity contribution in [3.05, 3.63) is 47.1 Å². The fourth-order valence-corrected chi connectivity index (χ4v) is 4.78. The Labute approximate surface area is 235 Å². The maximum atomic E-state index is 12.8. The Morgan fingerprint density at radius 1 is 1.15 bits per heavy atom. The van der Waals surface area contributed by atoms with E-state index >= 15 is 0 Å². The highest BCUT2D eigenvalue weighted by molar-refractivity contribution is 6.04. The number of phenolic OH excluding ortho intramolecular Hbond substituents is 2. The fourth-order valence-electron chi connectivity index (χ4n) is 4.78. The summed E-state index contributed by atoms with van der Waals surface area (Å²) in [6.45, 7) is 7.16. The van der Waals surface area contributed by atoms with Gasteiger partial charge in [-0.15, -0.1) is 0 Å². The van der Waals surface area contributed by atoms with Crippen molar-refractivity contribution in [2.75, 3.05) is 19.5 Å². The van der Waals surface area contributed by atoms with Crippen LogP contribution in [0.15, 0.2) is 41.5 Å². The van der Waals surface area contributed by atoms with Crippen molar-refractivity contribution in [3.8, 4) is 11.5 Å². The number of aliphatic hydroxyl groups is 1. The van der Waals surface area contributed by atoms with Crippen LogP contribution in [-0.2, 0) is 25.4 Å². The minimum absolute atomic E-state index is 0.0574. The number of amides is 2. The van der Waals surface area contributed by atoms with Crippen molar-refractivity contribution in [3.63, 3.8) is 0 Å². The van der Waals surface area contributed by atoms with Crippen LogP contribution in [0.25, 0.3) is 0 Å². The molecule has 1 aliphatic heterocycles. The molecule has 0 aromatic heterocycles. The summed E-state index contributed by atoms with van der Waals surface area (Å²) < 4.78 is 16.5. The number of aromatic hydroxyl groups is 2. The molecule has 40 heavy (non-hydrogen) atoms. The highest BCUT2D eigenvalue weighted by Gasteiger charge is 2.29. The van der Waals surface area contributed by atoms with E-state index in [9.17, 15) is 24.9 Å². The molecule has 2 amide bonds. The van der Waals surface area contributed by atoms with Gasteiger partial charge in [-0.05, 0) is 38.2 Å². The smallest absolute Gasteiger partial charge is 0.405 e. The number of methoxy groups -OCH3 is 2. The molecular weight excluding hydrogens is 518 g/mol. The number of anilines is 1. The number of carbonyl (C=O) groups is 2. The number of allylic oxidation sites excluding steroid dienone is 2. The molecule has 0 saturated carbocycles. The van der Waals surface area contributed by atoms with Crippen LogP contribution in [0.3, 0.4) is 0 Å². The van der Waals surface area contributed by atoms with Gasteiger partial charge in [0.05, 0.1) is 29.6 Å². The van der Waals surface area contributed by atoms with Crippen molar-refractivity contribution < 1.29 is 44.9 Å². The molecule has 222 valence electrons. The molecule has 0 saturated heterocycles. The van der Waals surface area contributed by atoms with Gasteiger partial charge in [0.2, 0.25) is 0 Å². The summed E-state index contributed by atoms with van der Waals surface area (Å²) in [7, 11) is 3.02. The summed E-state index contributed by atoms with van der Waals surface area (Å²) in [5.41, 5.74) is 10.9. The Bertz CT molecular complexity index is 1150. The third kappa shape index (κ3) is 8.82. The van der Waals surface area contributed by atoms with Crippen LogP contribution in [-0.4, -0.2) is 66.0 Å². The Morgan fingerprint density at radius 2 is 1.82 bits per heavy atom. The number of hydrogen-bond donors (Lipinski definition) is 6. The van der Waals surface area contributed by atoms with E-state index in [-0.39, 0.29) is 41.1 Å². The van der Waals surface area contributed by atoms with Gasteiger partial charge in [0.15, 0.2) is 11.4 Å². The molecule has 1 aromatic carbocycles. The van der Waals surface area contributed by atoms with E-state index in [1.165, 1.54) is 20.3 Å². The molecule has 1 aromatic rings. The number of hydrogen-bond acceptors (Lipinski definition) is 8. The van der Waals surface area contributed by atoms with Crippen molar-refractivity contribution in [2.45, 2.75) is 71.4 Å². The molecule has 0 spiro atoms. The monoisotopic (exact) mass is 562 g/mol. The Kier molecular flexibility index (Phi) is 12.2. The van der Waals surface area contributed by atoms with E-state index in [1.54, 1.807) is 32.1 Å². The summed E-state index contributed by atoms with van der Waals surface area (Å²) in [6.07, 6.45) is 4.11. The molecule has 9 N–H and O–H groups in total. The average Bonchev–Trinajstić information content (AvgIpc) is 2.90. The maximum absolute atomic E-state index is 12.8. The number of nitrogens with two attached hydrogens (primary N) is 1. The SMILES string of the molecule is CO[C@H]1C[C@H](C)Cc2c([NH3+])c(O)cc(c2O)NC(=O)/C(C)=C/C=C\[C@H](OC)C[C@@H](OC(N)=O)/C(C)=C/[C@H](C)[C@H]1O. The summed E-state index contributed by atoms with van der Waals surface area (Å²) in [5.74, 6) is -1.30. The van der Waals surface area contributed by atoms with Crippen LogP contribution in [0.4, 0.5) is 16.2 Å². The third-order valence-corrected chi connectivity index (χ3v) is 7.22. The second-order valence-corrected chi connectivity index (χ2v) is 10.5. The molecule has 11 heteroatoms. The van der Waals surface area contributed by atoms with E-state index in [1.807, 2.05) is 19.9 Å². The third-order valence-electron chi connectivity index (χ3n) is 7.22. The quantitative estimate of drug-likeness (QED) is 0.184. The van der Waals surface area contributed by atoms with E-state index in [4.69, 9.17) is 19.9 Å². The van der Waals surface area contributed by atoms with Crippen LogP contribution in [0.2, 0.25) is 0 Å². The van der Waals surface area contributed by atoms with Crippen molar-refractivity contribution in [1.29, 1.82) is 0 Å². The molecule has 0 radical (unpaired) electrons. The number of rotatable bonds is 3. The van der Waals surface area contributed by atoms with Gasteiger partial charge in [-0.3, -0.25) is 4.79 Å². The van der Waals surface area contributed by atoms with Gasteiger partial charge in [0.25, 0.3) is 5.91 Å².